The highest BCUT2D eigenvalue weighted by molar-refractivity contribution is 5.91. The van der Waals surface area contributed by atoms with E-state index in [1.54, 1.807) is 12.1 Å². The predicted molar refractivity (Wildman–Crippen MR) is 75.9 cm³/mol. The largest absolute Gasteiger partial charge is 0.502 e. The Morgan fingerprint density at radius 1 is 1.43 bits per heavy atom. The van der Waals surface area contributed by atoms with E-state index in [2.05, 4.69) is 10.6 Å². The first kappa shape index (κ1) is 15.3. The fraction of sp³-hybridized carbons (Fsp3) is 0.400. The van der Waals surface area contributed by atoms with Crippen molar-refractivity contribution >= 4 is 5.91 Å². The Morgan fingerprint density at radius 3 is 2.90 bits per heavy atom. The molecule has 0 spiro atoms. The zero-order valence-electron chi connectivity index (χ0n) is 11.6. The molecule has 0 bridgehead atoms. The number of ether oxygens (including phenoxy) is 1. The molecule has 1 aromatic carbocycles. The molecule has 0 radical (unpaired) electrons. The number of hydrogen-bond donors (Lipinski definition) is 3. The molecule has 1 aromatic rings. The lowest BCUT2D eigenvalue weighted by Gasteiger charge is -2.22. The summed E-state index contributed by atoms with van der Waals surface area (Å²) in [6, 6.07) is 6.14. The Kier molecular flexibility index (Phi) is 5.57. The van der Waals surface area contributed by atoms with Gasteiger partial charge in [0.05, 0.1) is 0 Å². The normalized spacial score (nSPS) is 16.5. The molecular formula is C15H19FN2O3. The van der Waals surface area contributed by atoms with Crippen LogP contribution < -0.4 is 10.6 Å². The van der Waals surface area contributed by atoms with Crippen molar-refractivity contribution in [2.45, 2.75) is 25.4 Å². The van der Waals surface area contributed by atoms with Crippen LogP contribution in [0.2, 0.25) is 0 Å². The maximum atomic E-state index is 13.0. The number of amides is 1. The Morgan fingerprint density at radius 2 is 2.19 bits per heavy atom. The number of nitrogens with one attached hydrogen (secondary N) is 2. The van der Waals surface area contributed by atoms with E-state index in [1.165, 1.54) is 18.3 Å². The van der Waals surface area contributed by atoms with Crippen LogP contribution in [0, 0.1) is 5.82 Å². The van der Waals surface area contributed by atoms with Crippen LogP contribution in [-0.2, 0) is 16.1 Å². The molecule has 2 rings (SSSR count). The lowest BCUT2D eigenvalue weighted by molar-refractivity contribution is -0.121. The minimum absolute atomic E-state index is 0.0324. The van der Waals surface area contributed by atoms with Crippen molar-refractivity contribution in [2.75, 3.05) is 13.2 Å². The molecule has 1 saturated heterocycles. The Bertz CT molecular complexity index is 513. The molecule has 6 heteroatoms. The zero-order chi connectivity index (χ0) is 15.1. The molecule has 0 aliphatic carbocycles. The fourth-order valence-electron chi connectivity index (χ4n) is 2.08. The summed E-state index contributed by atoms with van der Waals surface area (Å²) in [6.45, 7) is 1.56. The van der Waals surface area contributed by atoms with Gasteiger partial charge in [0.1, 0.15) is 5.82 Å². The number of carbonyl (C=O) groups excluding carboxylic acids is 1. The summed E-state index contributed by atoms with van der Waals surface area (Å²) in [5.74, 6) is -1.23. The van der Waals surface area contributed by atoms with Gasteiger partial charge in [0.15, 0.2) is 5.76 Å². The van der Waals surface area contributed by atoms with Gasteiger partial charge in [-0.15, -0.1) is 0 Å². The van der Waals surface area contributed by atoms with Crippen LogP contribution in [0.3, 0.4) is 0 Å². The van der Waals surface area contributed by atoms with Crippen molar-refractivity contribution in [1.29, 1.82) is 0 Å². The summed E-state index contributed by atoms with van der Waals surface area (Å²) in [5, 5.41) is 15.2. The number of halogens is 1. The first-order valence-corrected chi connectivity index (χ1v) is 6.91. The third-order valence-corrected chi connectivity index (χ3v) is 3.22. The minimum Gasteiger partial charge on any atom is -0.502 e. The highest BCUT2D eigenvalue weighted by Gasteiger charge is 2.17. The summed E-state index contributed by atoms with van der Waals surface area (Å²) in [7, 11) is 0. The molecule has 1 aliphatic heterocycles. The molecule has 5 nitrogen and oxygen atoms in total. The topological polar surface area (TPSA) is 70.6 Å². The van der Waals surface area contributed by atoms with Crippen molar-refractivity contribution in [3.05, 3.63) is 47.6 Å². The fourth-order valence-corrected chi connectivity index (χ4v) is 2.08. The van der Waals surface area contributed by atoms with Gasteiger partial charge in [0.25, 0.3) is 5.91 Å². The van der Waals surface area contributed by atoms with Gasteiger partial charge >= 0.3 is 0 Å². The van der Waals surface area contributed by atoms with E-state index in [4.69, 9.17) is 4.74 Å². The average molecular weight is 294 g/mol. The van der Waals surface area contributed by atoms with Crippen molar-refractivity contribution in [2.24, 2.45) is 0 Å². The number of aliphatic hydroxyl groups is 1. The molecule has 0 aromatic heterocycles. The molecule has 0 atom stereocenters. The molecule has 3 N–H and O–H groups in total. The van der Waals surface area contributed by atoms with Crippen LogP contribution in [0.1, 0.15) is 18.4 Å². The Hall–Kier alpha value is -2.08. The van der Waals surface area contributed by atoms with E-state index < -0.39 is 11.7 Å². The number of aliphatic hydroxyl groups excluding tert-OH is 1. The van der Waals surface area contributed by atoms with Gasteiger partial charge in [-0.2, -0.15) is 0 Å². The lowest BCUT2D eigenvalue weighted by atomic mass is 10.1. The van der Waals surface area contributed by atoms with Gasteiger partial charge in [-0.05, 0) is 30.5 Å². The van der Waals surface area contributed by atoms with Gasteiger partial charge in [-0.3, -0.25) is 4.79 Å². The highest BCUT2D eigenvalue weighted by Crippen LogP contribution is 2.07. The summed E-state index contributed by atoms with van der Waals surface area (Å²) in [6.07, 6.45) is 2.71. The summed E-state index contributed by atoms with van der Waals surface area (Å²) in [5.41, 5.74) is 0.726. The van der Waals surface area contributed by atoms with Crippen molar-refractivity contribution < 1.29 is 19.0 Å². The summed E-state index contributed by atoms with van der Waals surface area (Å²) < 4.78 is 18.2. The molecule has 1 fully saturated rings. The lowest BCUT2D eigenvalue weighted by Crippen LogP contribution is -2.39. The minimum atomic E-state index is -0.520. The molecule has 1 amide bonds. The quantitative estimate of drug-likeness (QED) is 0.570. The Balaban J connectivity index is 1.78. The first-order chi connectivity index (χ1) is 10.1. The molecule has 0 saturated carbocycles. The van der Waals surface area contributed by atoms with E-state index >= 15 is 0 Å². The van der Waals surface area contributed by atoms with Gasteiger partial charge in [0, 0.05) is 32.0 Å². The molecule has 0 unspecified atom stereocenters. The van der Waals surface area contributed by atoms with Crippen LogP contribution >= 0.6 is 0 Å². The maximum absolute atomic E-state index is 13.0. The van der Waals surface area contributed by atoms with Crippen LogP contribution in [-0.4, -0.2) is 30.3 Å². The van der Waals surface area contributed by atoms with E-state index in [1.807, 2.05) is 0 Å². The number of hydrogen-bond acceptors (Lipinski definition) is 4. The standard InChI is InChI=1S/C15H19FN2O3/c16-12-3-1-2-11(8-12)9-17-10-14(19)15(20)18-13-4-6-21-7-5-13/h1-3,8,10,13,17,19H,4-7,9H2,(H,18,20)/b14-10-. The Labute approximate surface area is 122 Å². The first-order valence-electron chi connectivity index (χ1n) is 6.91. The van der Waals surface area contributed by atoms with Gasteiger partial charge < -0.3 is 20.5 Å². The third-order valence-electron chi connectivity index (χ3n) is 3.22. The number of rotatable bonds is 5. The van der Waals surface area contributed by atoms with Crippen molar-refractivity contribution in [1.82, 2.24) is 10.6 Å². The van der Waals surface area contributed by atoms with Gasteiger partial charge in [0.2, 0.25) is 0 Å². The summed E-state index contributed by atoms with van der Waals surface area (Å²) in [4.78, 5) is 11.7. The van der Waals surface area contributed by atoms with Crippen molar-refractivity contribution in [3.63, 3.8) is 0 Å². The highest BCUT2D eigenvalue weighted by atomic mass is 19.1. The second kappa shape index (κ2) is 7.64. The number of carbonyl (C=O) groups is 1. The van der Waals surface area contributed by atoms with E-state index in [9.17, 15) is 14.3 Å². The molecular weight excluding hydrogens is 275 g/mol. The van der Waals surface area contributed by atoms with Crippen molar-refractivity contribution in [3.8, 4) is 0 Å². The van der Waals surface area contributed by atoms with E-state index in [-0.39, 0.29) is 11.9 Å². The van der Waals surface area contributed by atoms with Gasteiger partial charge in [-0.1, -0.05) is 12.1 Å². The average Bonchev–Trinajstić information content (AvgIpc) is 2.48. The zero-order valence-corrected chi connectivity index (χ0v) is 11.6. The van der Waals surface area contributed by atoms with Crippen LogP contribution in [0.4, 0.5) is 4.39 Å². The SMILES string of the molecule is O=C(NC1CCOCC1)/C(O)=C/NCc1cccc(F)c1. The molecule has 114 valence electrons. The predicted octanol–water partition coefficient (Wildman–Crippen LogP) is 1.61. The van der Waals surface area contributed by atoms with E-state index in [0.717, 1.165) is 18.4 Å². The molecule has 1 heterocycles. The van der Waals surface area contributed by atoms with E-state index in [0.29, 0.717) is 19.8 Å². The monoisotopic (exact) mass is 294 g/mol. The van der Waals surface area contributed by atoms with Crippen LogP contribution in [0.15, 0.2) is 36.2 Å². The summed E-state index contributed by atoms with van der Waals surface area (Å²) >= 11 is 0. The van der Waals surface area contributed by atoms with Crippen LogP contribution in [0.25, 0.3) is 0 Å². The molecule has 21 heavy (non-hydrogen) atoms. The second-order valence-corrected chi connectivity index (χ2v) is 4.90. The van der Waals surface area contributed by atoms with Crippen LogP contribution in [0.5, 0.6) is 0 Å². The van der Waals surface area contributed by atoms with Gasteiger partial charge in [-0.25, -0.2) is 4.39 Å². The molecule has 1 aliphatic rings. The third kappa shape index (κ3) is 5.07. The maximum Gasteiger partial charge on any atom is 0.287 e. The number of benzene rings is 1. The second-order valence-electron chi connectivity index (χ2n) is 4.90. The smallest absolute Gasteiger partial charge is 0.287 e.